The smallest absolute Gasteiger partial charge is 0.164 e. The summed E-state index contributed by atoms with van der Waals surface area (Å²) in [5, 5.41) is 0.725. The second kappa shape index (κ2) is 6.95. The van der Waals surface area contributed by atoms with E-state index in [0.29, 0.717) is 0 Å². The highest BCUT2D eigenvalue weighted by Gasteiger charge is 2.11. The molecule has 0 atom stereocenters. The molecule has 0 aliphatic rings. The van der Waals surface area contributed by atoms with Crippen LogP contribution in [-0.4, -0.2) is 14.4 Å². The van der Waals surface area contributed by atoms with E-state index < -0.39 is 0 Å². The third-order valence-corrected chi connectivity index (χ3v) is 4.94. The van der Waals surface area contributed by atoms with E-state index >= 15 is 0 Å². The Morgan fingerprint density at radius 3 is 2.32 bits per heavy atom. The van der Waals surface area contributed by atoms with Gasteiger partial charge in [0, 0.05) is 16.8 Å². The van der Waals surface area contributed by atoms with E-state index in [9.17, 15) is 0 Å². The van der Waals surface area contributed by atoms with Gasteiger partial charge in [0.05, 0.1) is 16.7 Å². The summed E-state index contributed by atoms with van der Waals surface area (Å²) >= 11 is 5.99. The minimum Gasteiger partial charge on any atom is -0.296 e. The Balaban J connectivity index is 1.72. The van der Waals surface area contributed by atoms with Crippen LogP contribution in [0.4, 0.5) is 0 Å². The SMILES string of the molecule is Clc1ccc(/C=C\c2nc(-c3ccccc3)cn3c2nc2ccccc23)cc1. The van der Waals surface area contributed by atoms with Gasteiger partial charge in [-0.15, -0.1) is 0 Å². The van der Waals surface area contributed by atoms with E-state index in [4.69, 9.17) is 21.6 Å². The molecule has 5 rings (SSSR count). The standard InChI is InChI=1S/C24H16ClN3/c25-19-13-10-17(11-14-19)12-15-21-24-27-20-8-4-5-9-23(20)28(24)16-22(26-21)18-6-2-1-3-7-18/h1-16H/b15-12-. The number of benzene rings is 3. The van der Waals surface area contributed by atoms with Gasteiger partial charge in [-0.2, -0.15) is 0 Å². The van der Waals surface area contributed by atoms with Gasteiger partial charge in [-0.3, -0.25) is 4.40 Å². The summed E-state index contributed by atoms with van der Waals surface area (Å²) in [7, 11) is 0. The zero-order chi connectivity index (χ0) is 18.9. The van der Waals surface area contributed by atoms with Gasteiger partial charge < -0.3 is 0 Å². The molecular weight excluding hydrogens is 366 g/mol. The Bertz CT molecular complexity index is 1300. The highest BCUT2D eigenvalue weighted by Crippen LogP contribution is 2.25. The first kappa shape index (κ1) is 16.7. The molecule has 3 aromatic carbocycles. The van der Waals surface area contributed by atoms with Crippen molar-refractivity contribution in [3.8, 4) is 11.3 Å². The summed E-state index contributed by atoms with van der Waals surface area (Å²) in [4.78, 5) is 9.71. The molecule has 0 amide bonds. The lowest BCUT2D eigenvalue weighted by Gasteiger charge is -2.06. The molecule has 2 aromatic heterocycles. The van der Waals surface area contributed by atoms with Gasteiger partial charge in [-0.25, -0.2) is 9.97 Å². The molecule has 3 nitrogen and oxygen atoms in total. The van der Waals surface area contributed by atoms with Crippen molar-refractivity contribution in [1.29, 1.82) is 0 Å². The number of para-hydroxylation sites is 2. The van der Waals surface area contributed by atoms with Gasteiger partial charge in [0.2, 0.25) is 0 Å². The average molecular weight is 382 g/mol. The van der Waals surface area contributed by atoms with Crippen LogP contribution in [0, 0.1) is 0 Å². The largest absolute Gasteiger partial charge is 0.296 e. The van der Waals surface area contributed by atoms with Crippen molar-refractivity contribution in [2.45, 2.75) is 0 Å². The Morgan fingerprint density at radius 1 is 0.750 bits per heavy atom. The van der Waals surface area contributed by atoms with E-state index in [-0.39, 0.29) is 0 Å². The van der Waals surface area contributed by atoms with Crippen LogP contribution in [0.2, 0.25) is 5.02 Å². The Hall–Kier alpha value is -3.43. The monoisotopic (exact) mass is 381 g/mol. The molecule has 0 unspecified atom stereocenters. The Morgan fingerprint density at radius 2 is 1.50 bits per heavy atom. The van der Waals surface area contributed by atoms with E-state index in [1.54, 1.807) is 0 Å². The highest BCUT2D eigenvalue weighted by molar-refractivity contribution is 6.30. The maximum absolute atomic E-state index is 5.99. The van der Waals surface area contributed by atoms with Gasteiger partial charge in [0.25, 0.3) is 0 Å². The van der Waals surface area contributed by atoms with E-state index in [1.165, 1.54) is 0 Å². The molecule has 0 fully saturated rings. The predicted octanol–water partition coefficient (Wildman–Crippen LogP) is 6.37. The minimum atomic E-state index is 0.725. The van der Waals surface area contributed by atoms with Gasteiger partial charge in [0.15, 0.2) is 5.65 Å². The number of nitrogens with zero attached hydrogens (tertiary/aromatic N) is 3. The maximum Gasteiger partial charge on any atom is 0.164 e. The van der Waals surface area contributed by atoms with E-state index in [0.717, 1.165) is 44.2 Å². The van der Waals surface area contributed by atoms with Gasteiger partial charge in [0.1, 0.15) is 5.69 Å². The van der Waals surface area contributed by atoms with Gasteiger partial charge in [-0.05, 0) is 35.9 Å². The van der Waals surface area contributed by atoms with Crippen LogP contribution in [0.3, 0.4) is 0 Å². The third-order valence-electron chi connectivity index (χ3n) is 4.69. The van der Waals surface area contributed by atoms with Crippen molar-refractivity contribution in [3.05, 3.63) is 101 Å². The normalized spacial score (nSPS) is 11.6. The lowest BCUT2D eigenvalue weighted by molar-refractivity contribution is 1.14. The molecule has 0 saturated carbocycles. The molecule has 0 spiro atoms. The minimum absolute atomic E-state index is 0.725. The molecule has 28 heavy (non-hydrogen) atoms. The van der Waals surface area contributed by atoms with Crippen molar-refractivity contribution in [3.63, 3.8) is 0 Å². The maximum atomic E-state index is 5.99. The van der Waals surface area contributed by atoms with Crippen molar-refractivity contribution in [2.75, 3.05) is 0 Å². The number of imidazole rings is 1. The first-order valence-electron chi connectivity index (χ1n) is 9.05. The lowest BCUT2D eigenvalue weighted by atomic mass is 10.1. The number of fused-ring (bicyclic) bond motifs is 3. The van der Waals surface area contributed by atoms with Crippen LogP contribution in [0.25, 0.3) is 40.1 Å². The molecule has 134 valence electrons. The van der Waals surface area contributed by atoms with Crippen LogP contribution in [0.1, 0.15) is 11.3 Å². The number of hydrogen-bond donors (Lipinski definition) is 0. The van der Waals surface area contributed by atoms with Crippen molar-refractivity contribution in [2.24, 2.45) is 0 Å². The van der Waals surface area contributed by atoms with Crippen LogP contribution in [-0.2, 0) is 0 Å². The summed E-state index contributed by atoms with van der Waals surface area (Å²) in [6.45, 7) is 0. The first-order valence-corrected chi connectivity index (χ1v) is 9.43. The number of aromatic nitrogens is 3. The Labute approximate surface area is 167 Å². The van der Waals surface area contributed by atoms with Crippen molar-refractivity contribution >= 4 is 40.4 Å². The molecule has 0 aliphatic heterocycles. The topological polar surface area (TPSA) is 30.2 Å². The summed E-state index contributed by atoms with van der Waals surface area (Å²) < 4.78 is 2.12. The zero-order valence-corrected chi connectivity index (χ0v) is 15.7. The second-order valence-electron chi connectivity index (χ2n) is 6.56. The molecule has 0 saturated heterocycles. The van der Waals surface area contributed by atoms with Gasteiger partial charge in [-0.1, -0.05) is 72.3 Å². The summed E-state index contributed by atoms with van der Waals surface area (Å²) in [6, 6.07) is 26.1. The molecule has 0 N–H and O–H groups in total. The number of rotatable bonds is 3. The summed E-state index contributed by atoms with van der Waals surface area (Å²) in [5.41, 5.74) is 6.73. The molecule has 0 bridgehead atoms. The van der Waals surface area contributed by atoms with Crippen LogP contribution >= 0.6 is 11.6 Å². The molecule has 0 radical (unpaired) electrons. The third kappa shape index (κ3) is 3.06. The van der Waals surface area contributed by atoms with Crippen LogP contribution in [0.15, 0.2) is 85.1 Å². The fraction of sp³-hybridized carbons (Fsp3) is 0. The van der Waals surface area contributed by atoms with Gasteiger partial charge >= 0.3 is 0 Å². The average Bonchev–Trinajstić information content (AvgIpc) is 3.13. The molecular formula is C24H16ClN3. The summed E-state index contributed by atoms with van der Waals surface area (Å²) in [5.74, 6) is 0. The highest BCUT2D eigenvalue weighted by atomic mass is 35.5. The predicted molar refractivity (Wildman–Crippen MR) is 116 cm³/mol. The first-order chi connectivity index (χ1) is 13.8. The zero-order valence-electron chi connectivity index (χ0n) is 15.0. The second-order valence-corrected chi connectivity index (χ2v) is 6.99. The fourth-order valence-electron chi connectivity index (χ4n) is 3.30. The number of halogens is 1. The molecule has 4 heteroatoms. The Kier molecular flexibility index (Phi) is 4.15. The molecule has 5 aromatic rings. The van der Waals surface area contributed by atoms with Crippen molar-refractivity contribution < 1.29 is 0 Å². The van der Waals surface area contributed by atoms with E-state index in [1.807, 2.05) is 72.8 Å². The molecule has 2 heterocycles. The van der Waals surface area contributed by atoms with Crippen molar-refractivity contribution in [1.82, 2.24) is 14.4 Å². The fourth-order valence-corrected chi connectivity index (χ4v) is 3.42. The van der Waals surface area contributed by atoms with Crippen LogP contribution in [0.5, 0.6) is 0 Å². The lowest BCUT2D eigenvalue weighted by Crippen LogP contribution is -1.95. The van der Waals surface area contributed by atoms with Crippen LogP contribution < -0.4 is 0 Å². The summed E-state index contributed by atoms with van der Waals surface area (Å²) in [6.07, 6.45) is 6.10. The van der Waals surface area contributed by atoms with E-state index in [2.05, 4.69) is 28.8 Å². The quantitative estimate of drug-likeness (QED) is 0.363. The molecule has 0 aliphatic carbocycles. The number of hydrogen-bond acceptors (Lipinski definition) is 2.